The van der Waals surface area contributed by atoms with Gasteiger partial charge in [-0.25, -0.2) is 21.2 Å². The van der Waals surface area contributed by atoms with Crippen molar-refractivity contribution in [1.29, 1.82) is 0 Å². The predicted octanol–water partition coefficient (Wildman–Crippen LogP) is 0.0920. The second-order valence-corrected chi connectivity index (χ2v) is 9.24. The Kier molecular flexibility index (Phi) is 4.39. The second kappa shape index (κ2) is 5.64. The first-order chi connectivity index (χ1) is 9.67. The summed E-state index contributed by atoms with van der Waals surface area (Å²) in [4.78, 5) is -0.466. The Balaban J connectivity index is 2.34. The van der Waals surface area contributed by atoms with Crippen LogP contribution in [0.25, 0.3) is 0 Å². The minimum atomic E-state index is -4.08. The summed E-state index contributed by atoms with van der Waals surface area (Å²) in [6, 6.07) is 3.02. The van der Waals surface area contributed by atoms with Crippen LogP contribution < -0.4 is 5.73 Å². The molecule has 0 aromatic heterocycles. The van der Waals surface area contributed by atoms with Crippen molar-refractivity contribution in [2.75, 3.05) is 18.6 Å². The van der Waals surface area contributed by atoms with Crippen LogP contribution in [0.15, 0.2) is 23.1 Å². The maximum atomic E-state index is 14.0. The SMILES string of the molecule is CN(C1CCS(=O)(=O)C1)S(=O)(=O)c1ccc(CN)cc1F. The summed E-state index contributed by atoms with van der Waals surface area (Å²) < 4.78 is 62.6. The third kappa shape index (κ3) is 3.25. The van der Waals surface area contributed by atoms with Gasteiger partial charge in [-0.05, 0) is 24.1 Å². The number of nitrogens with zero attached hydrogens (tertiary/aromatic N) is 1. The Morgan fingerprint density at radius 2 is 2.10 bits per heavy atom. The fourth-order valence-corrected chi connectivity index (χ4v) is 5.59. The highest BCUT2D eigenvalue weighted by Gasteiger charge is 2.37. The smallest absolute Gasteiger partial charge is 0.246 e. The van der Waals surface area contributed by atoms with Gasteiger partial charge < -0.3 is 5.73 Å². The van der Waals surface area contributed by atoms with Crippen molar-refractivity contribution >= 4 is 19.9 Å². The molecule has 9 heteroatoms. The van der Waals surface area contributed by atoms with Gasteiger partial charge in [0.05, 0.1) is 11.5 Å². The van der Waals surface area contributed by atoms with E-state index in [1.165, 1.54) is 13.1 Å². The Morgan fingerprint density at radius 3 is 2.57 bits per heavy atom. The molecule has 1 atom stereocenters. The van der Waals surface area contributed by atoms with Gasteiger partial charge in [-0.2, -0.15) is 4.31 Å². The minimum Gasteiger partial charge on any atom is -0.326 e. The van der Waals surface area contributed by atoms with E-state index in [-0.39, 0.29) is 24.5 Å². The molecule has 6 nitrogen and oxygen atoms in total. The zero-order chi connectivity index (χ0) is 15.8. The summed E-state index contributed by atoms with van der Waals surface area (Å²) in [6.07, 6.45) is 0.223. The van der Waals surface area contributed by atoms with Gasteiger partial charge in [-0.3, -0.25) is 0 Å². The second-order valence-electron chi connectivity index (χ2n) is 5.05. The van der Waals surface area contributed by atoms with Crippen LogP contribution in [0.5, 0.6) is 0 Å². The number of sulfone groups is 1. The van der Waals surface area contributed by atoms with Crippen molar-refractivity contribution in [3.05, 3.63) is 29.6 Å². The molecule has 1 unspecified atom stereocenters. The largest absolute Gasteiger partial charge is 0.326 e. The number of halogens is 1. The topological polar surface area (TPSA) is 97.5 Å². The molecule has 1 aromatic carbocycles. The number of benzene rings is 1. The van der Waals surface area contributed by atoms with Crippen LogP contribution in [0, 0.1) is 5.82 Å². The molecule has 0 aliphatic carbocycles. The Morgan fingerprint density at radius 1 is 1.43 bits per heavy atom. The number of hydrogen-bond donors (Lipinski definition) is 1. The Hall–Kier alpha value is -1.03. The first-order valence-electron chi connectivity index (χ1n) is 6.34. The maximum absolute atomic E-state index is 14.0. The highest BCUT2D eigenvalue weighted by atomic mass is 32.2. The van der Waals surface area contributed by atoms with Crippen LogP contribution in [0.2, 0.25) is 0 Å². The van der Waals surface area contributed by atoms with Crippen LogP contribution in [-0.4, -0.2) is 45.7 Å². The van der Waals surface area contributed by atoms with Crippen molar-refractivity contribution in [3.63, 3.8) is 0 Å². The lowest BCUT2D eigenvalue weighted by Gasteiger charge is -2.23. The van der Waals surface area contributed by atoms with Gasteiger partial charge >= 0.3 is 0 Å². The van der Waals surface area contributed by atoms with E-state index in [1.54, 1.807) is 0 Å². The number of hydrogen-bond acceptors (Lipinski definition) is 5. The van der Waals surface area contributed by atoms with E-state index < -0.39 is 36.6 Å². The van der Waals surface area contributed by atoms with Gasteiger partial charge in [-0.15, -0.1) is 0 Å². The van der Waals surface area contributed by atoms with Crippen LogP contribution in [0.4, 0.5) is 4.39 Å². The summed E-state index contributed by atoms with van der Waals surface area (Å²) in [6.45, 7) is 0.105. The molecule has 2 rings (SSSR count). The van der Waals surface area contributed by atoms with Crippen LogP contribution in [-0.2, 0) is 26.4 Å². The molecular weight excluding hydrogens is 319 g/mol. The summed E-state index contributed by atoms with van der Waals surface area (Å²) in [5, 5.41) is 0. The van der Waals surface area contributed by atoms with Crippen molar-refractivity contribution in [2.45, 2.75) is 23.9 Å². The molecule has 1 fully saturated rings. The van der Waals surface area contributed by atoms with Gasteiger partial charge in [0.2, 0.25) is 10.0 Å². The highest BCUT2D eigenvalue weighted by Crippen LogP contribution is 2.25. The van der Waals surface area contributed by atoms with E-state index in [4.69, 9.17) is 5.73 Å². The van der Waals surface area contributed by atoms with Crippen molar-refractivity contribution in [1.82, 2.24) is 4.31 Å². The fraction of sp³-hybridized carbons (Fsp3) is 0.500. The molecule has 0 radical (unpaired) electrons. The van der Waals surface area contributed by atoms with Crippen LogP contribution in [0.3, 0.4) is 0 Å². The van der Waals surface area contributed by atoms with Crippen LogP contribution in [0.1, 0.15) is 12.0 Å². The van der Waals surface area contributed by atoms with E-state index >= 15 is 0 Å². The number of rotatable bonds is 4. The summed E-state index contributed by atoms with van der Waals surface area (Å²) in [5.41, 5.74) is 5.86. The average Bonchev–Trinajstić information content (AvgIpc) is 2.77. The molecule has 1 saturated heterocycles. The lowest BCUT2D eigenvalue weighted by Crippen LogP contribution is -2.38. The van der Waals surface area contributed by atoms with Gasteiger partial charge in [0.25, 0.3) is 0 Å². The summed E-state index contributed by atoms with van der Waals surface area (Å²) in [5.74, 6) is -1.16. The third-order valence-electron chi connectivity index (χ3n) is 3.61. The molecule has 0 amide bonds. The normalized spacial score (nSPS) is 21.8. The highest BCUT2D eigenvalue weighted by molar-refractivity contribution is 7.92. The molecule has 1 aliphatic rings. The molecule has 21 heavy (non-hydrogen) atoms. The Bertz CT molecular complexity index is 747. The molecule has 0 saturated carbocycles. The first kappa shape index (κ1) is 16.3. The Labute approximate surface area is 123 Å². The zero-order valence-electron chi connectivity index (χ0n) is 11.5. The molecule has 1 aromatic rings. The molecule has 0 spiro atoms. The summed E-state index contributed by atoms with van der Waals surface area (Å²) >= 11 is 0. The summed E-state index contributed by atoms with van der Waals surface area (Å²) in [7, 11) is -6.02. The lowest BCUT2D eigenvalue weighted by atomic mass is 10.2. The van der Waals surface area contributed by atoms with Crippen molar-refractivity contribution in [3.8, 4) is 0 Å². The standard InChI is InChI=1S/C12H17FN2O4S2/c1-15(10-4-5-20(16,17)8-10)21(18,19)12-3-2-9(7-14)6-11(12)13/h2-3,6,10H,4-5,7-8,14H2,1H3. The average molecular weight is 336 g/mol. The zero-order valence-corrected chi connectivity index (χ0v) is 13.1. The predicted molar refractivity (Wildman–Crippen MR) is 76.3 cm³/mol. The van der Waals surface area contributed by atoms with Crippen LogP contribution >= 0.6 is 0 Å². The molecule has 1 aliphatic heterocycles. The first-order valence-corrected chi connectivity index (χ1v) is 9.60. The van der Waals surface area contributed by atoms with Crippen molar-refractivity contribution in [2.24, 2.45) is 5.73 Å². The van der Waals surface area contributed by atoms with E-state index in [0.717, 1.165) is 16.4 Å². The maximum Gasteiger partial charge on any atom is 0.246 e. The molecule has 118 valence electrons. The molecular formula is C12H17FN2O4S2. The van der Waals surface area contributed by atoms with Gasteiger partial charge in [0.15, 0.2) is 9.84 Å². The van der Waals surface area contributed by atoms with E-state index in [0.29, 0.717) is 5.56 Å². The number of sulfonamides is 1. The van der Waals surface area contributed by atoms with E-state index in [2.05, 4.69) is 0 Å². The van der Waals surface area contributed by atoms with Gasteiger partial charge in [-0.1, -0.05) is 6.07 Å². The van der Waals surface area contributed by atoms with Crippen molar-refractivity contribution < 1.29 is 21.2 Å². The molecule has 2 N–H and O–H groups in total. The van der Waals surface area contributed by atoms with Gasteiger partial charge in [0, 0.05) is 19.6 Å². The van der Waals surface area contributed by atoms with Gasteiger partial charge in [0.1, 0.15) is 10.7 Å². The quantitative estimate of drug-likeness (QED) is 0.840. The number of nitrogens with two attached hydrogens (primary N) is 1. The molecule has 1 heterocycles. The monoisotopic (exact) mass is 336 g/mol. The molecule has 0 bridgehead atoms. The minimum absolute atomic E-state index is 0.0495. The van der Waals surface area contributed by atoms with E-state index in [1.807, 2.05) is 0 Å². The van der Waals surface area contributed by atoms with E-state index in [9.17, 15) is 21.2 Å². The lowest BCUT2D eigenvalue weighted by molar-refractivity contribution is 0.391. The fourth-order valence-electron chi connectivity index (χ4n) is 2.29. The third-order valence-corrected chi connectivity index (χ3v) is 7.31.